The van der Waals surface area contributed by atoms with E-state index in [1.165, 1.54) is 24.3 Å². The van der Waals surface area contributed by atoms with Crippen LogP contribution in [0.3, 0.4) is 0 Å². The van der Waals surface area contributed by atoms with Crippen LogP contribution in [0.25, 0.3) is 0 Å². The van der Waals surface area contributed by atoms with Gasteiger partial charge in [-0.15, -0.1) is 0 Å². The van der Waals surface area contributed by atoms with Crippen molar-refractivity contribution >= 4 is 17.8 Å². The molecule has 2 rings (SSSR count). The van der Waals surface area contributed by atoms with Crippen LogP contribution in [0.15, 0.2) is 60.7 Å². The lowest BCUT2D eigenvalue weighted by molar-refractivity contribution is -0.156. The van der Waals surface area contributed by atoms with Crippen molar-refractivity contribution in [3.63, 3.8) is 0 Å². The normalized spacial score (nSPS) is 15.5. The lowest BCUT2D eigenvalue weighted by atomic mass is 10.3. The van der Waals surface area contributed by atoms with Gasteiger partial charge in [0.2, 0.25) is 0 Å². The molecule has 1 unspecified atom stereocenters. The van der Waals surface area contributed by atoms with E-state index < -0.39 is 18.6 Å². The molecule has 2 nitrogen and oxygen atoms in total. The highest BCUT2D eigenvalue weighted by Crippen LogP contribution is 2.59. The first-order chi connectivity index (χ1) is 9.71. The second-order valence-corrected chi connectivity index (χ2v) is 8.11. The minimum atomic E-state index is -4.80. The van der Waals surface area contributed by atoms with Crippen LogP contribution in [0.1, 0.15) is 6.92 Å². The summed E-state index contributed by atoms with van der Waals surface area (Å²) in [7, 11) is -4.10. The van der Waals surface area contributed by atoms with E-state index in [1.807, 2.05) is 0 Å². The van der Waals surface area contributed by atoms with Gasteiger partial charge in [0, 0.05) is 10.6 Å². The largest absolute Gasteiger partial charge is 0.413 e. The van der Waals surface area contributed by atoms with Gasteiger partial charge in [-0.2, -0.15) is 13.2 Å². The van der Waals surface area contributed by atoms with E-state index in [2.05, 4.69) is 0 Å². The Balaban J connectivity index is 2.76. The molecular formula is C15H15F3NOP. The summed E-state index contributed by atoms with van der Waals surface area (Å²) < 4.78 is 53.6. The van der Waals surface area contributed by atoms with Crippen molar-refractivity contribution in [1.29, 1.82) is 0 Å². The summed E-state index contributed by atoms with van der Waals surface area (Å²) in [5.41, 5.74) is 5.55. The zero-order chi connectivity index (χ0) is 15.7. The number of nitrogens with two attached hydrogens (primary N) is 1. The molecule has 0 saturated carbocycles. The van der Waals surface area contributed by atoms with Gasteiger partial charge in [0.05, 0.1) is 0 Å². The number of halogens is 3. The fourth-order valence-electron chi connectivity index (χ4n) is 2.14. The highest BCUT2D eigenvalue weighted by molar-refractivity contribution is 7.80. The lowest BCUT2D eigenvalue weighted by Crippen LogP contribution is -2.54. The van der Waals surface area contributed by atoms with E-state index in [0.717, 1.165) is 6.92 Å². The van der Waals surface area contributed by atoms with Gasteiger partial charge < -0.3 is 10.3 Å². The molecule has 112 valence electrons. The van der Waals surface area contributed by atoms with Crippen LogP contribution in [0.2, 0.25) is 0 Å². The van der Waals surface area contributed by atoms with Crippen molar-refractivity contribution in [2.75, 3.05) is 0 Å². The molecule has 0 saturated heterocycles. The maximum Gasteiger partial charge on any atom is 0.413 e. The Morgan fingerprint density at radius 1 is 0.857 bits per heavy atom. The van der Waals surface area contributed by atoms with Gasteiger partial charge in [0.25, 0.3) is 0 Å². The molecule has 0 heterocycles. The summed E-state index contributed by atoms with van der Waals surface area (Å²) in [6, 6.07) is 15.2. The fraction of sp³-hybridized carbons (Fsp3) is 0.200. The first-order valence-electron chi connectivity index (χ1n) is 6.28. The molecule has 2 N–H and O–H groups in total. The Kier molecular flexibility index (Phi) is 4.00. The standard InChI is InChI=1S/C15H15F3NOP/c1-14(19,15(16,17)18)21(20,12-8-4-2-5-9-12)13-10-6-3-7-11-13/h2-11H,19H2,1H3. The predicted molar refractivity (Wildman–Crippen MR) is 78.4 cm³/mol. The Morgan fingerprint density at radius 2 is 1.19 bits per heavy atom. The topological polar surface area (TPSA) is 43.1 Å². The van der Waals surface area contributed by atoms with Crippen LogP contribution in [0, 0.1) is 0 Å². The number of alkyl halides is 3. The minimum absolute atomic E-state index is 0.0959. The highest BCUT2D eigenvalue weighted by Gasteiger charge is 2.61. The fourth-order valence-corrected chi connectivity index (χ4v) is 5.05. The van der Waals surface area contributed by atoms with E-state index in [-0.39, 0.29) is 10.6 Å². The third-order valence-corrected chi connectivity index (χ3v) is 7.08. The Bertz CT molecular complexity index is 610. The van der Waals surface area contributed by atoms with Gasteiger partial charge in [-0.05, 0) is 6.92 Å². The molecule has 0 bridgehead atoms. The zero-order valence-corrected chi connectivity index (χ0v) is 12.2. The molecule has 2 aromatic rings. The lowest BCUT2D eigenvalue weighted by Gasteiger charge is -2.36. The number of benzene rings is 2. The predicted octanol–water partition coefficient (Wildman–Crippen LogP) is 3.24. The molecule has 0 aliphatic carbocycles. The molecule has 0 fully saturated rings. The quantitative estimate of drug-likeness (QED) is 0.884. The van der Waals surface area contributed by atoms with Gasteiger partial charge in [-0.1, -0.05) is 60.7 Å². The molecule has 0 aliphatic rings. The van der Waals surface area contributed by atoms with Crippen molar-refractivity contribution in [1.82, 2.24) is 0 Å². The van der Waals surface area contributed by atoms with Gasteiger partial charge >= 0.3 is 6.18 Å². The van der Waals surface area contributed by atoms with Crippen LogP contribution in [0.5, 0.6) is 0 Å². The molecule has 0 aliphatic heterocycles. The van der Waals surface area contributed by atoms with Crippen molar-refractivity contribution < 1.29 is 17.7 Å². The third kappa shape index (κ3) is 2.52. The smallest absolute Gasteiger partial charge is 0.311 e. The van der Waals surface area contributed by atoms with E-state index in [0.29, 0.717) is 0 Å². The molecule has 0 spiro atoms. The summed E-state index contributed by atoms with van der Waals surface area (Å²) in [6.45, 7) is 0.785. The van der Waals surface area contributed by atoms with E-state index >= 15 is 0 Å². The first-order valence-corrected chi connectivity index (χ1v) is 7.99. The van der Waals surface area contributed by atoms with Gasteiger partial charge in [0.1, 0.15) is 0 Å². The zero-order valence-electron chi connectivity index (χ0n) is 11.3. The molecule has 2 aromatic carbocycles. The van der Waals surface area contributed by atoms with Crippen LogP contribution >= 0.6 is 7.14 Å². The number of hydrogen-bond acceptors (Lipinski definition) is 2. The average Bonchev–Trinajstić information content (AvgIpc) is 2.47. The second-order valence-electron chi connectivity index (χ2n) is 4.93. The molecule has 6 heteroatoms. The second kappa shape index (κ2) is 5.32. The monoisotopic (exact) mass is 313 g/mol. The van der Waals surface area contributed by atoms with Crippen LogP contribution in [0.4, 0.5) is 13.2 Å². The molecule has 21 heavy (non-hydrogen) atoms. The molecule has 0 radical (unpaired) electrons. The minimum Gasteiger partial charge on any atom is -0.311 e. The number of rotatable bonds is 3. The van der Waals surface area contributed by atoms with Crippen molar-refractivity contribution in [2.45, 2.75) is 18.4 Å². The molecular weight excluding hydrogens is 298 g/mol. The van der Waals surface area contributed by atoms with E-state index in [1.54, 1.807) is 36.4 Å². The van der Waals surface area contributed by atoms with Gasteiger partial charge in [-0.25, -0.2) is 0 Å². The van der Waals surface area contributed by atoms with Crippen molar-refractivity contribution in [3.05, 3.63) is 60.7 Å². The van der Waals surface area contributed by atoms with Crippen LogP contribution < -0.4 is 16.3 Å². The van der Waals surface area contributed by atoms with Crippen molar-refractivity contribution in [2.24, 2.45) is 5.73 Å². The maximum absolute atomic E-state index is 13.4. The number of hydrogen-bond donors (Lipinski definition) is 1. The van der Waals surface area contributed by atoms with E-state index in [4.69, 9.17) is 5.73 Å². The first kappa shape index (κ1) is 15.8. The maximum atomic E-state index is 13.4. The van der Waals surface area contributed by atoms with Crippen LogP contribution in [-0.4, -0.2) is 11.5 Å². The van der Waals surface area contributed by atoms with Gasteiger partial charge in [-0.3, -0.25) is 0 Å². The molecule has 0 aromatic heterocycles. The Morgan fingerprint density at radius 3 is 1.48 bits per heavy atom. The van der Waals surface area contributed by atoms with Crippen molar-refractivity contribution in [3.8, 4) is 0 Å². The molecule has 1 atom stereocenters. The Hall–Kier alpha value is -1.58. The average molecular weight is 313 g/mol. The van der Waals surface area contributed by atoms with E-state index in [9.17, 15) is 17.7 Å². The molecule has 0 amide bonds. The summed E-state index contributed by atoms with van der Waals surface area (Å²) in [5, 5.41) is -2.65. The van der Waals surface area contributed by atoms with Gasteiger partial charge in [0.15, 0.2) is 12.4 Å². The SMILES string of the molecule is CC(N)(C(F)(F)F)P(=O)(c1ccccc1)c1ccccc1. The Labute approximate surface area is 121 Å². The summed E-state index contributed by atoms with van der Waals surface area (Å²) in [4.78, 5) is 0. The summed E-state index contributed by atoms with van der Waals surface area (Å²) in [6.07, 6.45) is -4.80. The summed E-state index contributed by atoms with van der Waals surface area (Å²) in [5.74, 6) is 0. The highest BCUT2D eigenvalue weighted by atomic mass is 31.2. The third-order valence-electron chi connectivity index (χ3n) is 3.47. The summed E-state index contributed by atoms with van der Waals surface area (Å²) >= 11 is 0. The van der Waals surface area contributed by atoms with Crippen LogP contribution in [-0.2, 0) is 4.57 Å².